The van der Waals surface area contributed by atoms with Crippen molar-refractivity contribution in [1.29, 1.82) is 0 Å². The van der Waals surface area contributed by atoms with Gasteiger partial charge in [0.15, 0.2) is 6.10 Å². The average Bonchev–Trinajstić information content (AvgIpc) is 2.32. The van der Waals surface area contributed by atoms with E-state index in [2.05, 4.69) is 4.74 Å². The number of aliphatic hydroxyl groups excluding tert-OH is 2. The van der Waals surface area contributed by atoms with E-state index in [9.17, 15) is 9.59 Å². The molecular weight excluding hydrogens is 152 g/mol. The number of carbonyl (C=O) groups is 2. The van der Waals surface area contributed by atoms with Crippen LogP contribution in [0.3, 0.4) is 0 Å². The van der Waals surface area contributed by atoms with Crippen molar-refractivity contribution in [2.45, 2.75) is 12.2 Å². The van der Waals surface area contributed by atoms with E-state index in [1.807, 2.05) is 0 Å². The van der Waals surface area contributed by atoms with E-state index in [4.69, 9.17) is 10.2 Å². The van der Waals surface area contributed by atoms with E-state index >= 15 is 0 Å². The van der Waals surface area contributed by atoms with E-state index in [1.165, 1.54) is 0 Å². The molecule has 0 amide bonds. The van der Waals surface area contributed by atoms with Crippen molar-refractivity contribution in [3.8, 4) is 0 Å². The number of rotatable bonds is 2. The number of Topliss-reactive ketones (excluding diaryl/α,β-unsaturated/α-hetero) is 2. The van der Waals surface area contributed by atoms with Crippen LogP contribution in [0.25, 0.3) is 0 Å². The molecule has 5 nitrogen and oxygen atoms in total. The fourth-order valence-electron chi connectivity index (χ4n) is 0.852. The maximum atomic E-state index is 10.8. The van der Waals surface area contributed by atoms with E-state index in [1.54, 1.807) is 0 Å². The normalized spacial score (nSPS) is 27.6. The van der Waals surface area contributed by atoms with Gasteiger partial charge in [-0.25, -0.2) is 0 Å². The molecule has 0 spiro atoms. The Labute approximate surface area is 62.6 Å². The van der Waals surface area contributed by atoms with Gasteiger partial charge in [-0.3, -0.25) is 9.59 Å². The summed E-state index contributed by atoms with van der Waals surface area (Å²) >= 11 is 0. The zero-order valence-electron chi connectivity index (χ0n) is 5.69. The third-order valence-corrected chi connectivity index (χ3v) is 1.46. The highest BCUT2D eigenvalue weighted by atomic mass is 16.5. The van der Waals surface area contributed by atoms with Gasteiger partial charge >= 0.3 is 0 Å². The van der Waals surface area contributed by atoms with Gasteiger partial charge in [0.1, 0.15) is 12.7 Å². The number of aliphatic hydroxyl groups is 2. The smallest absolute Gasteiger partial charge is 0.232 e. The predicted octanol–water partition coefficient (Wildman–Crippen LogP) is -2.12. The number of hydrogen-bond donors (Lipinski definition) is 2. The van der Waals surface area contributed by atoms with Crippen LogP contribution in [0.4, 0.5) is 0 Å². The summed E-state index contributed by atoms with van der Waals surface area (Å²) < 4.78 is 4.62. The molecular formula is C6H8O5. The van der Waals surface area contributed by atoms with E-state index in [0.717, 1.165) is 0 Å². The molecule has 0 aromatic rings. The van der Waals surface area contributed by atoms with Crippen molar-refractivity contribution < 1.29 is 24.5 Å². The molecule has 5 heteroatoms. The Morgan fingerprint density at radius 2 is 2.27 bits per heavy atom. The second-order valence-electron chi connectivity index (χ2n) is 2.27. The zero-order valence-corrected chi connectivity index (χ0v) is 5.69. The predicted molar refractivity (Wildman–Crippen MR) is 32.8 cm³/mol. The summed E-state index contributed by atoms with van der Waals surface area (Å²) in [5.74, 6) is -1.41. The molecule has 1 heterocycles. The number of ether oxygens (including phenoxy) is 1. The number of carbonyl (C=O) groups excluding carboxylic acids is 2. The Morgan fingerprint density at radius 1 is 1.64 bits per heavy atom. The molecule has 1 aliphatic rings. The monoisotopic (exact) mass is 160 g/mol. The molecule has 1 saturated heterocycles. The van der Waals surface area contributed by atoms with Crippen molar-refractivity contribution in [3.63, 3.8) is 0 Å². The van der Waals surface area contributed by atoms with Gasteiger partial charge in [0.2, 0.25) is 11.6 Å². The van der Waals surface area contributed by atoms with Gasteiger partial charge in [0.05, 0.1) is 6.61 Å². The molecule has 0 bridgehead atoms. The molecule has 0 aromatic heterocycles. The van der Waals surface area contributed by atoms with Crippen molar-refractivity contribution in [1.82, 2.24) is 0 Å². The van der Waals surface area contributed by atoms with E-state index in [-0.39, 0.29) is 6.61 Å². The van der Waals surface area contributed by atoms with E-state index in [0.29, 0.717) is 0 Å². The van der Waals surface area contributed by atoms with Crippen LogP contribution in [0.1, 0.15) is 0 Å². The van der Waals surface area contributed by atoms with Crippen molar-refractivity contribution >= 4 is 11.6 Å². The fraction of sp³-hybridized carbons (Fsp3) is 0.667. The Kier molecular flexibility index (Phi) is 2.33. The molecule has 0 saturated carbocycles. The first-order valence-corrected chi connectivity index (χ1v) is 3.14. The maximum Gasteiger partial charge on any atom is 0.232 e. The van der Waals surface area contributed by atoms with Gasteiger partial charge in [-0.15, -0.1) is 0 Å². The summed E-state index contributed by atoms with van der Waals surface area (Å²) in [6.07, 6.45) is -2.44. The Hall–Kier alpha value is -0.780. The molecule has 2 N–H and O–H groups in total. The zero-order chi connectivity index (χ0) is 8.43. The first kappa shape index (κ1) is 8.32. The van der Waals surface area contributed by atoms with Crippen molar-refractivity contribution in [3.05, 3.63) is 0 Å². The Morgan fingerprint density at radius 3 is 2.64 bits per heavy atom. The van der Waals surface area contributed by atoms with Crippen LogP contribution < -0.4 is 0 Å². The average molecular weight is 160 g/mol. The van der Waals surface area contributed by atoms with Crippen molar-refractivity contribution in [2.75, 3.05) is 13.2 Å². The quantitative estimate of drug-likeness (QED) is 0.451. The topological polar surface area (TPSA) is 83.8 Å². The lowest BCUT2D eigenvalue weighted by atomic mass is 10.1. The van der Waals surface area contributed by atoms with Crippen LogP contribution in [-0.2, 0) is 14.3 Å². The van der Waals surface area contributed by atoms with Gasteiger partial charge in [-0.1, -0.05) is 0 Å². The molecule has 0 radical (unpaired) electrons. The minimum absolute atomic E-state index is 0.291. The molecule has 0 unspecified atom stereocenters. The lowest BCUT2D eigenvalue weighted by molar-refractivity contribution is -0.137. The summed E-state index contributed by atoms with van der Waals surface area (Å²) in [6.45, 7) is -0.871. The summed E-state index contributed by atoms with van der Waals surface area (Å²) in [5, 5.41) is 17.3. The molecule has 0 aliphatic carbocycles. The van der Waals surface area contributed by atoms with Gasteiger partial charge in [0, 0.05) is 0 Å². The third kappa shape index (κ3) is 1.45. The summed E-state index contributed by atoms with van der Waals surface area (Å²) in [5.41, 5.74) is 0. The third-order valence-electron chi connectivity index (χ3n) is 1.46. The van der Waals surface area contributed by atoms with E-state index < -0.39 is 30.4 Å². The van der Waals surface area contributed by atoms with Crippen LogP contribution in [0.5, 0.6) is 0 Å². The Bertz CT molecular complexity index is 187. The van der Waals surface area contributed by atoms with Gasteiger partial charge in [-0.05, 0) is 0 Å². The highest BCUT2D eigenvalue weighted by Crippen LogP contribution is 2.08. The van der Waals surface area contributed by atoms with Gasteiger partial charge < -0.3 is 14.9 Å². The van der Waals surface area contributed by atoms with Crippen LogP contribution in [0.15, 0.2) is 0 Å². The molecule has 0 aromatic carbocycles. The lowest BCUT2D eigenvalue weighted by Crippen LogP contribution is -2.35. The minimum Gasteiger partial charge on any atom is -0.394 e. The molecule has 1 rings (SSSR count). The molecule has 62 valence electrons. The fourth-order valence-corrected chi connectivity index (χ4v) is 0.852. The standard InChI is InChI=1S/C6H8O5/c7-1-3(8)6-5(10)4(9)2-11-6/h3,6-8H,1-2H2/t3-,6+/m0/s1. The first-order chi connectivity index (χ1) is 5.16. The minimum atomic E-state index is -1.28. The second-order valence-corrected chi connectivity index (χ2v) is 2.27. The molecule has 1 fully saturated rings. The van der Waals surface area contributed by atoms with Crippen LogP contribution in [-0.4, -0.2) is 47.2 Å². The molecule has 1 aliphatic heterocycles. The van der Waals surface area contributed by atoms with Crippen molar-refractivity contribution in [2.24, 2.45) is 0 Å². The maximum absolute atomic E-state index is 10.8. The summed E-state index contributed by atoms with van der Waals surface area (Å²) in [7, 11) is 0. The van der Waals surface area contributed by atoms with Gasteiger partial charge in [-0.2, -0.15) is 0 Å². The van der Waals surface area contributed by atoms with Crippen LogP contribution >= 0.6 is 0 Å². The summed E-state index contributed by atoms with van der Waals surface area (Å²) in [6, 6.07) is 0. The molecule has 11 heavy (non-hydrogen) atoms. The summed E-state index contributed by atoms with van der Waals surface area (Å²) in [4.78, 5) is 21.3. The lowest BCUT2D eigenvalue weighted by Gasteiger charge is -2.11. The Balaban J connectivity index is 2.61. The molecule has 2 atom stereocenters. The van der Waals surface area contributed by atoms with Crippen LogP contribution in [0, 0.1) is 0 Å². The second kappa shape index (κ2) is 3.08. The number of ketones is 2. The van der Waals surface area contributed by atoms with Gasteiger partial charge in [0.25, 0.3) is 0 Å². The SMILES string of the molecule is O=C1CO[C@H]([C@@H](O)CO)C1=O. The number of hydrogen-bond acceptors (Lipinski definition) is 5. The van der Waals surface area contributed by atoms with Crippen LogP contribution in [0.2, 0.25) is 0 Å². The highest BCUT2D eigenvalue weighted by molar-refractivity contribution is 6.41. The largest absolute Gasteiger partial charge is 0.394 e. The first-order valence-electron chi connectivity index (χ1n) is 3.14. The highest BCUT2D eigenvalue weighted by Gasteiger charge is 2.38.